The second-order valence-corrected chi connectivity index (χ2v) is 13.0. The molecule has 5 atom stereocenters. The van der Waals surface area contributed by atoms with Crippen molar-refractivity contribution >= 4 is 34.4 Å². The second-order valence-electron chi connectivity index (χ2n) is 12.6. The van der Waals surface area contributed by atoms with Crippen LogP contribution in [-0.4, -0.2) is 44.9 Å². The number of aliphatic hydroxyl groups is 1. The number of benzene rings is 2. The van der Waals surface area contributed by atoms with E-state index in [-0.39, 0.29) is 47.2 Å². The lowest BCUT2D eigenvalue weighted by Crippen LogP contribution is -2.61. The number of esters is 1. The topological polar surface area (TPSA) is 120 Å². The molecule has 4 bridgehead atoms. The maximum Gasteiger partial charge on any atom is 0.355 e. The highest BCUT2D eigenvalue weighted by Gasteiger charge is 2.55. The Morgan fingerprint density at radius 2 is 1.75 bits per heavy atom. The van der Waals surface area contributed by atoms with Crippen molar-refractivity contribution in [3.63, 3.8) is 0 Å². The lowest BCUT2D eigenvalue weighted by molar-refractivity contribution is -0.136. The van der Waals surface area contributed by atoms with Crippen molar-refractivity contribution in [2.75, 3.05) is 7.11 Å². The van der Waals surface area contributed by atoms with Crippen LogP contribution in [0.25, 0.3) is 16.6 Å². The first-order chi connectivity index (χ1) is 21.1. The number of rotatable bonds is 6. The number of ether oxygens (including phenoxy) is 1. The summed E-state index contributed by atoms with van der Waals surface area (Å²) in [5.41, 5.74) is -0.211. The van der Waals surface area contributed by atoms with Crippen molar-refractivity contribution in [1.29, 1.82) is 0 Å². The normalized spacial score (nSPS) is 25.2. The Labute approximate surface area is 258 Å². The molecule has 0 radical (unpaired) electrons. The molecule has 4 aliphatic rings. The first-order valence-electron chi connectivity index (χ1n) is 14.9. The van der Waals surface area contributed by atoms with E-state index in [1.54, 1.807) is 41.0 Å². The minimum Gasteiger partial charge on any atom is -0.464 e. The molecule has 4 saturated carbocycles. The summed E-state index contributed by atoms with van der Waals surface area (Å²) in [5, 5.41) is 14.8. The van der Waals surface area contributed by atoms with Crippen molar-refractivity contribution < 1.29 is 19.4 Å². The van der Waals surface area contributed by atoms with Gasteiger partial charge in [-0.05, 0) is 86.3 Å². The van der Waals surface area contributed by atoms with Crippen molar-refractivity contribution in [2.24, 2.45) is 17.8 Å². The molecule has 2 heterocycles. The van der Waals surface area contributed by atoms with E-state index in [1.807, 2.05) is 18.2 Å². The quantitative estimate of drug-likeness (QED) is 0.313. The van der Waals surface area contributed by atoms with Crippen LogP contribution in [0, 0.1) is 17.8 Å². The van der Waals surface area contributed by atoms with Crippen LogP contribution in [0.15, 0.2) is 76.4 Å². The highest BCUT2D eigenvalue weighted by Crippen LogP contribution is 2.55. The molecule has 2 N–H and O–H groups in total. The molecule has 0 aliphatic heterocycles. The van der Waals surface area contributed by atoms with Gasteiger partial charge >= 0.3 is 5.97 Å². The average Bonchev–Trinajstić information content (AvgIpc) is 3.00. The Bertz CT molecular complexity index is 1920. The van der Waals surface area contributed by atoms with Crippen molar-refractivity contribution in [1.82, 2.24) is 14.5 Å². The molecular formula is C34H32ClN3O6. The highest BCUT2D eigenvalue weighted by molar-refractivity contribution is 6.31. The summed E-state index contributed by atoms with van der Waals surface area (Å²) >= 11 is 6.31. The van der Waals surface area contributed by atoms with Gasteiger partial charge in [-0.15, -0.1) is 0 Å². The van der Waals surface area contributed by atoms with Gasteiger partial charge in [-0.3, -0.25) is 14.4 Å². The number of amides is 1. The molecule has 8 rings (SSSR count). The predicted molar refractivity (Wildman–Crippen MR) is 165 cm³/mol. The Morgan fingerprint density at radius 3 is 2.41 bits per heavy atom. The van der Waals surface area contributed by atoms with Gasteiger partial charge in [0.15, 0.2) is 5.43 Å². The number of carbonyl (C=O) groups is 2. The molecular weight excluding hydrogens is 582 g/mol. The van der Waals surface area contributed by atoms with Crippen LogP contribution >= 0.6 is 11.6 Å². The van der Waals surface area contributed by atoms with Gasteiger partial charge in [0.25, 0.3) is 11.5 Å². The molecule has 1 amide bonds. The summed E-state index contributed by atoms with van der Waals surface area (Å²) in [6.45, 7) is -0.220. The number of nitrogens with one attached hydrogen (secondary N) is 1. The number of para-hydroxylation sites is 1. The number of fused-ring (bicyclic) bond motifs is 1. The molecule has 10 heteroatoms. The van der Waals surface area contributed by atoms with Crippen molar-refractivity contribution in [2.45, 2.75) is 50.3 Å². The van der Waals surface area contributed by atoms with Crippen LogP contribution < -0.4 is 16.3 Å². The number of aromatic nitrogens is 2. The summed E-state index contributed by atoms with van der Waals surface area (Å²) in [5.74, 6) is -0.0815. The predicted octanol–water partition coefficient (Wildman–Crippen LogP) is 4.31. The van der Waals surface area contributed by atoms with Gasteiger partial charge in [-0.2, -0.15) is 0 Å². The van der Waals surface area contributed by atoms with E-state index in [0.29, 0.717) is 40.4 Å². The zero-order valence-electron chi connectivity index (χ0n) is 24.2. The number of hydrogen-bond donors (Lipinski definition) is 2. The molecule has 226 valence electrons. The summed E-state index contributed by atoms with van der Waals surface area (Å²) in [7, 11) is 1.23. The van der Waals surface area contributed by atoms with Crippen LogP contribution in [0.1, 0.15) is 58.5 Å². The molecule has 2 aromatic heterocycles. The van der Waals surface area contributed by atoms with Crippen LogP contribution in [0.3, 0.4) is 0 Å². The van der Waals surface area contributed by atoms with Gasteiger partial charge in [-0.1, -0.05) is 29.8 Å². The Kier molecular flexibility index (Phi) is 6.98. The number of pyridine rings is 2. The summed E-state index contributed by atoms with van der Waals surface area (Å²) in [6, 6.07) is 16.7. The second kappa shape index (κ2) is 10.7. The largest absolute Gasteiger partial charge is 0.464 e. The third-order valence-electron chi connectivity index (χ3n) is 9.75. The summed E-state index contributed by atoms with van der Waals surface area (Å²) in [4.78, 5) is 53.8. The lowest BCUT2D eigenvalue weighted by Gasteiger charge is -2.58. The van der Waals surface area contributed by atoms with E-state index in [1.165, 1.54) is 23.9 Å². The third kappa shape index (κ3) is 4.84. The number of hydrogen-bond acceptors (Lipinski definition) is 6. The van der Waals surface area contributed by atoms with Gasteiger partial charge in [-0.25, -0.2) is 4.79 Å². The average molecular weight is 614 g/mol. The van der Waals surface area contributed by atoms with Crippen molar-refractivity contribution in [3.05, 3.63) is 109 Å². The first-order valence-corrected chi connectivity index (χ1v) is 15.3. The van der Waals surface area contributed by atoms with E-state index in [9.17, 15) is 24.3 Å². The molecule has 4 fully saturated rings. The van der Waals surface area contributed by atoms with E-state index in [2.05, 4.69) is 5.32 Å². The molecule has 0 saturated heterocycles. The zero-order chi connectivity index (χ0) is 30.7. The van der Waals surface area contributed by atoms with E-state index < -0.39 is 22.6 Å². The Morgan fingerprint density at radius 1 is 1.02 bits per heavy atom. The monoisotopic (exact) mass is 613 g/mol. The number of methoxy groups -OCH3 is 1. The summed E-state index contributed by atoms with van der Waals surface area (Å²) in [6.07, 6.45) is 5.74. The van der Waals surface area contributed by atoms with E-state index >= 15 is 0 Å². The molecule has 2 aromatic carbocycles. The van der Waals surface area contributed by atoms with Gasteiger partial charge < -0.3 is 24.3 Å². The molecule has 9 nitrogen and oxygen atoms in total. The fourth-order valence-corrected chi connectivity index (χ4v) is 8.28. The minimum absolute atomic E-state index is 0.0178. The fourth-order valence-electron chi connectivity index (χ4n) is 8.11. The van der Waals surface area contributed by atoms with Crippen LogP contribution in [0.5, 0.6) is 0 Å². The molecule has 0 spiro atoms. The Balaban J connectivity index is 1.24. The van der Waals surface area contributed by atoms with Gasteiger partial charge in [0.2, 0.25) is 0 Å². The minimum atomic E-state index is -0.743. The zero-order valence-corrected chi connectivity index (χ0v) is 24.9. The smallest absolute Gasteiger partial charge is 0.355 e. The van der Waals surface area contributed by atoms with Crippen molar-refractivity contribution in [3.8, 4) is 5.69 Å². The Hall–Kier alpha value is -4.21. The highest BCUT2D eigenvalue weighted by atomic mass is 35.5. The SMILES string of the molecule is COC(=O)c1c(Cn2ccc(C(=O)N[C@@H]3[C@@H]4C[C@@H]5C[C@H]3C[C@@](O)(C5)C4)cc2=O)c(=O)c2ccc(Cl)cc2n1-c1ccccc1. The third-order valence-corrected chi connectivity index (χ3v) is 9.98. The number of halogens is 1. The maximum absolute atomic E-state index is 13.9. The number of carbonyl (C=O) groups excluding carboxylic acids is 2. The first kappa shape index (κ1) is 28.6. The van der Waals surface area contributed by atoms with Crippen LogP contribution in [0.4, 0.5) is 0 Å². The van der Waals surface area contributed by atoms with Gasteiger partial charge in [0.1, 0.15) is 5.69 Å². The number of nitrogens with zero attached hydrogens (tertiary/aromatic N) is 2. The fraction of sp³-hybridized carbons (Fsp3) is 0.353. The van der Waals surface area contributed by atoms with Crippen LogP contribution in [-0.2, 0) is 11.3 Å². The van der Waals surface area contributed by atoms with Gasteiger partial charge in [0.05, 0.1) is 30.3 Å². The summed E-state index contributed by atoms with van der Waals surface area (Å²) < 4.78 is 8.05. The molecule has 4 aromatic rings. The molecule has 44 heavy (non-hydrogen) atoms. The standard InChI is InChI=1S/C34H32ClN3O6/c1-44-33(42)30-26(31(40)25-8-7-23(35)14-27(25)38(30)24-5-3-2-4-6-24)18-37-10-9-20(13-28(37)39)32(41)36-29-21-11-19-12-22(29)17-34(43,15-19)16-21/h2-10,13-14,19,21-22,29,43H,11-12,15-18H2,1H3,(H,36,41)/t19-,21-,22+,29-,34-. The van der Waals surface area contributed by atoms with Crippen LogP contribution in [0.2, 0.25) is 5.02 Å². The van der Waals surface area contributed by atoms with E-state index in [0.717, 1.165) is 19.3 Å². The lowest BCUT2D eigenvalue weighted by atomic mass is 9.52. The molecule has 4 aliphatic carbocycles. The van der Waals surface area contributed by atoms with E-state index in [4.69, 9.17) is 16.3 Å². The molecule has 0 unspecified atom stereocenters. The van der Waals surface area contributed by atoms with Gasteiger partial charge in [0, 0.05) is 40.0 Å². The maximum atomic E-state index is 13.9.